The van der Waals surface area contributed by atoms with Gasteiger partial charge in [-0.1, -0.05) is 35.9 Å². The molecule has 0 fully saturated rings. The topological polar surface area (TPSA) is 47.3 Å². The van der Waals surface area contributed by atoms with Crippen LogP contribution < -0.4 is 16.0 Å². The molecule has 2 rings (SSSR count). The molecule has 106 valence electrons. The molecule has 1 atom stereocenters. The number of hydrogen-bond acceptors (Lipinski definition) is 3. The molecule has 0 saturated carbocycles. The van der Waals surface area contributed by atoms with Gasteiger partial charge < -0.3 is 4.74 Å². The lowest BCUT2D eigenvalue weighted by Crippen LogP contribution is -2.29. The van der Waals surface area contributed by atoms with Crippen molar-refractivity contribution in [3.8, 4) is 5.75 Å². The van der Waals surface area contributed by atoms with Gasteiger partial charge in [0.15, 0.2) is 0 Å². The van der Waals surface area contributed by atoms with Crippen LogP contribution in [0.4, 0.5) is 4.39 Å². The number of ether oxygens (including phenoxy) is 1. The molecular weight excluding hydrogens is 279 g/mol. The first-order valence-electron chi connectivity index (χ1n) is 6.30. The zero-order valence-corrected chi connectivity index (χ0v) is 11.8. The van der Waals surface area contributed by atoms with Crippen molar-refractivity contribution < 1.29 is 9.13 Å². The number of nitrogens with two attached hydrogens (primary N) is 1. The summed E-state index contributed by atoms with van der Waals surface area (Å²) in [6.45, 7) is 2.47. The van der Waals surface area contributed by atoms with Crippen LogP contribution in [0.25, 0.3) is 0 Å². The minimum absolute atomic E-state index is 0.0663. The van der Waals surface area contributed by atoms with Crippen LogP contribution in [0.15, 0.2) is 42.5 Å². The van der Waals surface area contributed by atoms with E-state index in [1.807, 2.05) is 31.2 Å². The maximum absolute atomic E-state index is 13.3. The highest BCUT2D eigenvalue weighted by molar-refractivity contribution is 6.30. The monoisotopic (exact) mass is 294 g/mol. The summed E-state index contributed by atoms with van der Waals surface area (Å²) in [5.41, 5.74) is 4.36. The number of hydrazine groups is 1. The normalized spacial score (nSPS) is 12.2. The van der Waals surface area contributed by atoms with Gasteiger partial charge in [-0.2, -0.15) is 0 Å². The van der Waals surface area contributed by atoms with Crippen molar-refractivity contribution in [2.45, 2.75) is 13.0 Å². The molecule has 1 unspecified atom stereocenters. The second kappa shape index (κ2) is 6.70. The Morgan fingerprint density at radius 1 is 1.30 bits per heavy atom. The zero-order valence-electron chi connectivity index (χ0n) is 11.1. The lowest BCUT2D eigenvalue weighted by atomic mass is 9.98. The van der Waals surface area contributed by atoms with E-state index in [4.69, 9.17) is 22.2 Å². The molecule has 5 heteroatoms. The molecule has 0 bridgehead atoms. The largest absolute Gasteiger partial charge is 0.494 e. The SMILES string of the molecule is CCOc1ccccc1C(NN)c1ccc(F)c(Cl)c1. The standard InChI is InChI=1S/C15H16ClFN2O/c1-2-20-14-6-4-3-5-11(14)15(19-18)10-7-8-13(17)12(16)9-10/h3-9,15,19H,2,18H2,1H3. The van der Waals surface area contributed by atoms with Crippen molar-refractivity contribution in [1.29, 1.82) is 0 Å². The molecule has 3 nitrogen and oxygen atoms in total. The molecule has 0 saturated heterocycles. The van der Waals surface area contributed by atoms with Crippen LogP contribution in [0.3, 0.4) is 0 Å². The van der Waals surface area contributed by atoms with Gasteiger partial charge >= 0.3 is 0 Å². The summed E-state index contributed by atoms with van der Waals surface area (Å²) in [6.07, 6.45) is 0. The third kappa shape index (κ3) is 3.10. The lowest BCUT2D eigenvalue weighted by molar-refractivity contribution is 0.333. The van der Waals surface area contributed by atoms with Gasteiger partial charge in [-0.3, -0.25) is 5.84 Å². The Kier molecular flexibility index (Phi) is 4.95. The third-order valence-electron chi connectivity index (χ3n) is 2.97. The second-order valence-corrected chi connectivity index (χ2v) is 4.65. The molecule has 2 aromatic carbocycles. The van der Waals surface area contributed by atoms with Crippen LogP contribution in [-0.4, -0.2) is 6.61 Å². The third-order valence-corrected chi connectivity index (χ3v) is 3.26. The van der Waals surface area contributed by atoms with E-state index in [1.165, 1.54) is 6.07 Å². The first-order valence-corrected chi connectivity index (χ1v) is 6.68. The van der Waals surface area contributed by atoms with Crippen LogP contribution in [0, 0.1) is 5.82 Å². The fraction of sp³-hybridized carbons (Fsp3) is 0.200. The van der Waals surface area contributed by atoms with Crippen LogP contribution in [0.5, 0.6) is 5.75 Å². The Balaban J connectivity index is 2.44. The maximum Gasteiger partial charge on any atom is 0.141 e. The quantitative estimate of drug-likeness (QED) is 0.656. The summed E-state index contributed by atoms with van der Waals surface area (Å²) in [4.78, 5) is 0. The van der Waals surface area contributed by atoms with E-state index in [0.717, 1.165) is 16.9 Å². The van der Waals surface area contributed by atoms with E-state index >= 15 is 0 Å². The number of hydrogen-bond donors (Lipinski definition) is 2. The van der Waals surface area contributed by atoms with Crippen molar-refractivity contribution in [2.24, 2.45) is 5.84 Å². The Hall–Kier alpha value is -1.62. The van der Waals surface area contributed by atoms with E-state index < -0.39 is 5.82 Å². The van der Waals surface area contributed by atoms with Gasteiger partial charge in [-0.15, -0.1) is 0 Å². The molecule has 0 amide bonds. The molecule has 0 aliphatic rings. The summed E-state index contributed by atoms with van der Waals surface area (Å²) in [7, 11) is 0. The molecule has 0 aromatic heterocycles. The van der Waals surface area contributed by atoms with Gasteiger partial charge in [-0.25, -0.2) is 9.82 Å². The summed E-state index contributed by atoms with van der Waals surface area (Å²) in [5, 5.41) is 0.0663. The van der Waals surface area contributed by atoms with Crippen molar-refractivity contribution >= 4 is 11.6 Å². The average Bonchev–Trinajstić information content (AvgIpc) is 2.45. The Morgan fingerprint density at radius 2 is 2.05 bits per heavy atom. The Labute approximate surface area is 122 Å². The average molecular weight is 295 g/mol. The molecule has 0 spiro atoms. The van der Waals surface area contributed by atoms with Crippen LogP contribution in [0.2, 0.25) is 5.02 Å². The van der Waals surface area contributed by atoms with E-state index in [-0.39, 0.29) is 11.1 Å². The summed E-state index contributed by atoms with van der Waals surface area (Å²) in [6, 6.07) is 11.8. The van der Waals surface area contributed by atoms with Crippen molar-refractivity contribution in [1.82, 2.24) is 5.43 Å². The first kappa shape index (κ1) is 14.8. The molecule has 0 aliphatic carbocycles. The molecular formula is C15H16ClFN2O. The lowest BCUT2D eigenvalue weighted by Gasteiger charge is -2.20. The number of rotatable bonds is 5. The van der Waals surface area contributed by atoms with Gasteiger partial charge in [0.25, 0.3) is 0 Å². The van der Waals surface area contributed by atoms with Gasteiger partial charge in [0.2, 0.25) is 0 Å². The highest BCUT2D eigenvalue weighted by Crippen LogP contribution is 2.31. The predicted octanol–water partition coefficient (Wildman–Crippen LogP) is 3.43. The molecule has 0 heterocycles. The van der Waals surface area contributed by atoms with E-state index in [9.17, 15) is 4.39 Å². The Morgan fingerprint density at radius 3 is 2.70 bits per heavy atom. The fourth-order valence-corrected chi connectivity index (χ4v) is 2.25. The molecule has 0 radical (unpaired) electrons. The second-order valence-electron chi connectivity index (χ2n) is 4.24. The first-order chi connectivity index (χ1) is 9.67. The Bertz CT molecular complexity index is 592. The van der Waals surface area contributed by atoms with Crippen LogP contribution >= 0.6 is 11.6 Å². The number of benzene rings is 2. The van der Waals surface area contributed by atoms with Gasteiger partial charge in [-0.05, 0) is 30.7 Å². The molecule has 2 aromatic rings. The van der Waals surface area contributed by atoms with Crippen molar-refractivity contribution in [3.63, 3.8) is 0 Å². The highest BCUT2D eigenvalue weighted by atomic mass is 35.5. The van der Waals surface area contributed by atoms with E-state index in [1.54, 1.807) is 12.1 Å². The summed E-state index contributed by atoms with van der Waals surface area (Å²) < 4.78 is 18.9. The minimum atomic E-state index is -0.454. The predicted molar refractivity (Wildman–Crippen MR) is 78.2 cm³/mol. The molecule has 0 aliphatic heterocycles. The van der Waals surface area contributed by atoms with E-state index in [2.05, 4.69) is 5.43 Å². The van der Waals surface area contributed by atoms with E-state index in [0.29, 0.717) is 6.61 Å². The van der Waals surface area contributed by atoms with Crippen LogP contribution in [-0.2, 0) is 0 Å². The van der Waals surface area contributed by atoms with Crippen LogP contribution in [0.1, 0.15) is 24.1 Å². The summed E-state index contributed by atoms with van der Waals surface area (Å²) >= 11 is 5.83. The molecule has 20 heavy (non-hydrogen) atoms. The van der Waals surface area contributed by atoms with Gasteiger partial charge in [0.05, 0.1) is 17.7 Å². The van der Waals surface area contributed by atoms with Crippen molar-refractivity contribution in [2.75, 3.05) is 6.61 Å². The number of nitrogens with one attached hydrogen (secondary N) is 1. The smallest absolute Gasteiger partial charge is 0.141 e. The number of halogens is 2. The van der Waals surface area contributed by atoms with Gasteiger partial charge in [0, 0.05) is 5.56 Å². The van der Waals surface area contributed by atoms with Crippen molar-refractivity contribution in [3.05, 3.63) is 64.4 Å². The summed E-state index contributed by atoms with van der Waals surface area (Å²) in [5.74, 6) is 5.93. The minimum Gasteiger partial charge on any atom is -0.494 e. The van der Waals surface area contributed by atoms with Gasteiger partial charge in [0.1, 0.15) is 11.6 Å². The zero-order chi connectivity index (χ0) is 14.5. The highest BCUT2D eigenvalue weighted by Gasteiger charge is 2.17. The fourth-order valence-electron chi connectivity index (χ4n) is 2.06. The molecule has 3 N–H and O–H groups in total. The number of para-hydroxylation sites is 1. The maximum atomic E-state index is 13.3.